The van der Waals surface area contributed by atoms with Gasteiger partial charge in [0.25, 0.3) is 5.91 Å². The lowest BCUT2D eigenvalue weighted by Gasteiger charge is -2.09. The third kappa shape index (κ3) is 5.31. The van der Waals surface area contributed by atoms with Crippen molar-refractivity contribution in [1.29, 1.82) is 0 Å². The van der Waals surface area contributed by atoms with Crippen LogP contribution < -0.4 is 4.74 Å². The van der Waals surface area contributed by atoms with E-state index in [0.29, 0.717) is 11.5 Å². The van der Waals surface area contributed by atoms with Gasteiger partial charge in [-0.15, -0.1) is 0 Å². The van der Waals surface area contributed by atoms with Crippen LogP contribution in [0.4, 0.5) is 0 Å². The molecule has 0 unspecified atom stereocenters. The van der Waals surface area contributed by atoms with Crippen LogP contribution in [0.3, 0.4) is 0 Å². The Hall–Kier alpha value is -2.90. The number of carbonyl (C=O) groups is 2. The lowest BCUT2D eigenvalue weighted by Crippen LogP contribution is -2.33. The molecule has 142 valence electrons. The second-order valence-corrected chi connectivity index (χ2v) is 7.57. The summed E-state index contributed by atoms with van der Waals surface area (Å²) in [6.07, 6.45) is 5.22. The molecule has 2 aromatic rings. The number of hydrogen-bond acceptors (Lipinski definition) is 5. The van der Waals surface area contributed by atoms with Gasteiger partial charge in [0.2, 0.25) is 0 Å². The van der Waals surface area contributed by atoms with E-state index in [2.05, 4.69) is 0 Å². The van der Waals surface area contributed by atoms with Crippen LogP contribution in [0.25, 0.3) is 6.08 Å². The van der Waals surface area contributed by atoms with Gasteiger partial charge in [-0.3, -0.25) is 14.5 Å². The first kappa shape index (κ1) is 19.9. The molecule has 1 saturated heterocycles. The molecule has 7 heteroatoms. The predicted molar refractivity (Wildman–Crippen MR) is 114 cm³/mol. The van der Waals surface area contributed by atoms with Gasteiger partial charge in [0.1, 0.15) is 23.2 Å². The minimum Gasteiger partial charge on any atom is -0.489 e. The average molecular weight is 412 g/mol. The lowest BCUT2D eigenvalue weighted by molar-refractivity contribution is -0.140. The molecule has 0 radical (unpaired) electrons. The summed E-state index contributed by atoms with van der Waals surface area (Å²) in [5.41, 5.74) is 2.01. The molecule has 1 amide bonds. The quantitative estimate of drug-likeness (QED) is 0.546. The lowest BCUT2D eigenvalue weighted by atomic mass is 10.2. The van der Waals surface area contributed by atoms with Crippen LogP contribution in [0.15, 0.2) is 71.7 Å². The van der Waals surface area contributed by atoms with Crippen LogP contribution in [-0.4, -0.2) is 32.7 Å². The maximum absolute atomic E-state index is 12.2. The average Bonchev–Trinajstić information content (AvgIpc) is 2.95. The van der Waals surface area contributed by atoms with E-state index < -0.39 is 12.5 Å². The number of thioether (sulfide) groups is 1. The largest absolute Gasteiger partial charge is 0.489 e. The molecule has 1 aliphatic heterocycles. The van der Waals surface area contributed by atoms with Crippen molar-refractivity contribution >= 4 is 46.3 Å². The van der Waals surface area contributed by atoms with E-state index in [4.69, 9.17) is 22.1 Å². The number of ether oxygens (including phenoxy) is 1. The van der Waals surface area contributed by atoms with Crippen molar-refractivity contribution in [1.82, 2.24) is 4.90 Å². The van der Waals surface area contributed by atoms with Crippen molar-refractivity contribution in [2.75, 3.05) is 6.54 Å². The second-order valence-electron chi connectivity index (χ2n) is 5.89. The van der Waals surface area contributed by atoms with E-state index in [-0.39, 0.29) is 10.2 Å². The zero-order valence-electron chi connectivity index (χ0n) is 14.8. The van der Waals surface area contributed by atoms with Crippen molar-refractivity contribution in [3.8, 4) is 5.75 Å². The molecule has 0 atom stereocenters. The first-order valence-corrected chi connectivity index (χ1v) is 9.66. The fraction of sp³-hybridized carbons (Fsp3) is 0.0952. The molecule has 0 bridgehead atoms. The Morgan fingerprint density at radius 3 is 2.71 bits per heavy atom. The van der Waals surface area contributed by atoms with Crippen molar-refractivity contribution in [2.24, 2.45) is 0 Å². The normalized spacial score (nSPS) is 15.6. The Kier molecular flexibility index (Phi) is 6.62. The number of nitrogens with zero attached hydrogens (tertiary/aromatic N) is 1. The fourth-order valence-electron chi connectivity index (χ4n) is 2.48. The molecule has 1 fully saturated rings. The SMILES string of the molecule is O=C(O)CN1C(=O)C(=CC=Cc2cccc(OCc3ccccc3)c2)SC1=S. The smallest absolute Gasteiger partial charge is 0.323 e. The van der Waals surface area contributed by atoms with Gasteiger partial charge < -0.3 is 9.84 Å². The number of aliphatic carboxylic acids is 1. The molecule has 1 aliphatic rings. The van der Waals surface area contributed by atoms with Crippen molar-refractivity contribution < 1.29 is 19.4 Å². The van der Waals surface area contributed by atoms with Gasteiger partial charge in [-0.25, -0.2) is 0 Å². The highest BCUT2D eigenvalue weighted by Gasteiger charge is 2.32. The van der Waals surface area contributed by atoms with Crippen molar-refractivity contribution in [2.45, 2.75) is 6.61 Å². The highest BCUT2D eigenvalue weighted by atomic mass is 32.2. The van der Waals surface area contributed by atoms with Crippen LogP contribution in [0.1, 0.15) is 11.1 Å². The number of allylic oxidation sites excluding steroid dienone is 2. The standard InChI is InChI=1S/C21H17NO4S2/c23-19(24)13-22-20(25)18(28-21(22)27)11-5-9-15-8-4-10-17(12-15)26-14-16-6-2-1-3-7-16/h1-12H,13-14H2,(H,23,24). The van der Waals surface area contributed by atoms with E-state index in [0.717, 1.165) is 33.5 Å². The Labute approximate surface area is 172 Å². The molecule has 0 aliphatic carbocycles. The van der Waals surface area contributed by atoms with E-state index in [1.54, 1.807) is 12.2 Å². The first-order chi connectivity index (χ1) is 13.5. The summed E-state index contributed by atoms with van der Waals surface area (Å²) in [6.45, 7) is 0.0621. The summed E-state index contributed by atoms with van der Waals surface area (Å²) < 4.78 is 6.06. The molecule has 3 rings (SSSR count). The van der Waals surface area contributed by atoms with Gasteiger partial charge in [-0.2, -0.15) is 0 Å². The molecule has 1 N–H and O–H groups in total. The Morgan fingerprint density at radius 2 is 1.96 bits per heavy atom. The number of amides is 1. The monoisotopic (exact) mass is 411 g/mol. The summed E-state index contributed by atoms with van der Waals surface area (Å²) in [7, 11) is 0. The Balaban J connectivity index is 1.63. The molecule has 2 aromatic carbocycles. The van der Waals surface area contributed by atoms with Crippen LogP contribution in [0.2, 0.25) is 0 Å². The molecule has 1 heterocycles. The topological polar surface area (TPSA) is 66.8 Å². The van der Waals surface area contributed by atoms with Crippen LogP contribution in [0.5, 0.6) is 5.75 Å². The maximum atomic E-state index is 12.2. The summed E-state index contributed by atoms with van der Waals surface area (Å²) >= 11 is 6.16. The van der Waals surface area contributed by atoms with Gasteiger partial charge in [0.15, 0.2) is 0 Å². The fourth-order valence-corrected chi connectivity index (χ4v) is 3.69. The van der Waals surface area contributed by atoms with Crippen LogP contribution >= 0.6 is 24.0 Å². The van der Waals surface area contributed by atoms with Crippen molar-refractivity contribution in [3.63, 3.8) is 0 Å². The minimum absolute atomic E-state index is 0.253. The van der Waals surface area contributed by atoms with Crippen LogP contribution in [-0.2, 0) is 16.2 Å². The number of carboxylic acid groups (broad SMARTS) is 1. The Bertz CT molecular complexity index is 954. The predicted octanol–water partition coefficient (Wildman–Crippen LogP) is 4.11. The van der Waals surface area contributed by atoms with E-state index in [1.165, 1.54) is 0 Å². The van der Waals surface area contributed by atoms with Gasteiger partial charge >= 0.3 is 5.97 Å². The summed E-state index contributed by atoms with van der Waals surface area (Å²) in [4.78, 5) is 24.5. The number of carboxylic acids is 1. The third-order valence-electron chi connectivity index (χ3n) is 3.81. The van der Waals surface area contributed by atoms with Crippen molar-refractivity contribution in [3.05, 3.63) is 82.8 Å². The summed E-state index contributed by atoms with van der Waals surface area (Å²) in [5, 5.41) is 8.85. The van der Waals surface area contributed by atoms with Gasteiger partial charge in [-0.1, -0.05) is 78.6 Å². The molecule has 0 saturated carbocycles. The zero-order chi connectivity index (χ0) is 19.9. The van der Waals surface area contributed by atoms with Gasteiger partial charge in [0.05, 0.1) is 4.91 Å². The first-order valence-electron chi connectivity index (χ1n) is 8.43. The Morgan fingerprint density at radius 1 is 1.18 bits per heavy atom. The summed E-state index contributed by atoms with van der Waals surface area (Å²) in [6, 6.07) is 17.5. The zero-order valence-corrected chi connectivity index (χ0v) is 16.4. The number of carbonyl (C=O) groups excluding carboxylic acids is 1. The molecule has 0 spiro atoms. The summed E-state index contributed by atoms with van der Waals surface area (Å²) in [5.74, 6) is -0.735. The van der Waals surface area contributed by atoms with Crippen LogP contribution in [0, 0.1) is 0 Å². The molecule has 28 heavy (non-hydrogen) atoms. The van der Waals surface area contributed by atoms with E-state index in [1.807, 2.05) is 60.7 Å². The third-order valence-corrected chi connectivity index (χ3v) is 5.21. The number of rotatable bonds is 7. The van der Waals surface area contributed by atoms with Gasteiger partial charge in [0, 0.05) is 0 Å². The highest BCUT2D eigenvalue weighted by molar-refractivity contribution is 8.26. The number of benzene rings is 2. The molecular weight excluding hydrogens is 394 g/mol. The number of thiocarbonyl (C=S) groups is 1. The maximum Gasteiger partial charge on any atom is 0.323 e. The second kappa shape index (κ2) is 9.34. The molecule has 0 aromatic heterocycles. The van der Waals surface area contributed by atoms with Gasteiger partial charge in [-0.05, 0) is 29.3 Å². The molecular formula is C21H17NO4S2. The van der Waals surface area contributed by atoms with E-state index in [9.17, 15) is 9.59 Å². The molecule has 5 nitrogen and oxygen atoms in total. The number of hydrogen-bond donors (Lipinski definition) is 1. The van der Waals surface area contributed by atoms with E-state index >= 15 is 0 Å². The highest BCUT2D eigenvalue weighted by Crippen LogP contribution is 2.30. The minimum atomic E-state index is -1.10.